The third-order valence-corrected chi connectivity index (χ3v) is 6.35. The Bertz CT molecular complexity index is 1490. The van der Waals surface area contributed by atoms with E-state index in [9.17, 15) is 31.2 Å². The molecule has 0 spiro atoms. The number of aromatic nitrogens is 3. The van der Waals surface area contributed by atoms with E-state index in [-0.39, 0.29) is 35.1 Å². The van der Waals surface area contributed by atoms with Gasteiger partial charge >= 0.3 is 6.18 Å². The number of benzene rings is 1. The maximum Gasteiger partial charge on any atom is 0.422 e. The molecule has 15 heteroatoms. The summed E-state index contributed by atoms with van der Waals surface area (Å²) in [4.78, 5) is 30.2. The SMILES string of the molecule is CS(=O)(=O)CC(=O)Nc1c(-c2ccc(Cl)cn2)nn2c1C(=O)Nc1ccc(OCC(F)(F)F)cc1CCC2. The van der Waals surface area contributed by atoms with Crippen molar-refractivity contribution in [3.05, 3.63) is 52.8 Å². The van der Waals surface area contributed by atoms with Crippen LogP contribution in [0.25, 0.3) is 11.4 Å². The molecule has 0 aliphatic carbocycles. The average molecular weight is 572 g/mol. The van der Waals surface area contributed by atoms with Crippen LogP contribution in [0, 0.1) is 0 Å². The predicted octanol–water partition coefficient (Wildman–Crippen LogP) is 3.72. The van der Waals surface area contributed by atoms with Gasteiger partial charge < -0.3 is 15.4 Å². The van der Waals surface area contributed by atoms with Crippen molar-refractivity contribution in [3.63, 3.8) is 0 Å². The smallest absolute Gasteiger partial charge is 0.422 e. The van der Waals surface area contributed by atoms with Crippen molar-refractivity contribution in [2.75, 3.05) is 29.2 Å². The molecule has 0 saturated carbocycles. The van der Waals surface area contributed by atoms with Gasteiger partial charge in [-0.1, -0.05) is 11.6 Å². The minimum atomic E-state index is -4.50. The van der Waals surface area contributed by atoms with Gasteiger partial charge in [0.2, 0.25) is 5.91 Å². The quantitative estimate of drug-likeness (QED) is 0.461. The molecule has 0 fully saturated rings. The fourth-order valence-electron chi connectivity index (χ4n) is 3.84. The maximum absolute atomic E-state index is 13.4. The van der Waals surface area contributed by atoms with Crippen LogP contribution in [-0.2, 0) is 27.6 Å². The van der Waals surface area contributed by atoms with Crippen molar-refractivity contribution in [2.24, 2.45) is 0 Å². The summed E-state index contributed by atoms with van der Waals surface area (Å²) in [6.07, 6.45) is -1.46. The molecule has 1 aliphatic rings. The topological polar surface area (TPSA) is 132 Å². The fourth-order valence-corrected chi connectivity index (χ4v) is 4.50. The first-order valence-electron chi connectivity index (χ1n) is 11.1. The molecular weight excluding hydrogens is 551 g/mol. The van der Waals surface area contributed by atoms with Crippen LogP contribution in [0.4, 0.5) is 24.5 Å². The van der Waals surface area contributed by atoms with E-state index in [1.165, 1.54) is 35.1 Å². The number of pyridine rings is 1. The molecule has 3 aromatic rings. The summed E-state index contributed by atoms with van der Waals surface area (Å²) in [5.74, 6) is -2.38. The standard InChI is InChI=1S/C23H21ClF3N5O5S/c1-38(35,36)11-18(33)30-20-19(17-6-4-14(24)10-28-17)31-32-8-2-3-13-9-15(37-12-23(25,26)27)5-7-16(13)29-22(34)21(20)32/h4-7,9-10H,2-3,8,11-12H2,1H3,(H,29,34)(H,30,33). The third kappa shape index (κ3) is 6.81. The summed E-state index contributed by atoms with van der Waals surface area (Å²) in [5.41, 5.74) is 1.20. The van der Waals surface area contributed by atoms with Gasteiger partial charge in [-0.3, -0.25) is 19.3 Å². The Kier molecular flexibility index (Phi) is 7.65. The van der Waals surface area contributed by atoms with Crippen LogP contribution in [0.2, 0.25) is 5.02 Å². The second-order valence-corrected chi connectivity index (χ2v) is 11.1. The van der Waals surface area contributed by atoms with Gasteiger partial charge in [-0.25, -0.2) is 8.42 Å². The minimum Gasteiger partial charge on any atom is -0.484 e. The minimum absolute atomic E-state index is 0.00265. The van der Waals surface area contributed by atoms with E-state index in [0.717, 1.165) is 6.26 Å². The normalized spacial score (nSPS) is 13.9. The first kappa shape index (κ1) is 27.4. The van der Waals surface area contributed by atoms with Gasteiger partial charge in [0.15, 0.2) is 22.1 Å². The summed E-state index contributed by atoms with van der Waals surface area (Å²) in [6, 6.07) is 7.23. The average Bonchev–Trinajstić information content (AvgIpc) is 3.17. The number of anilines is 2. The number of alkyl halides is 3. The Morgan fingerprint density at radius 3 is 2.68 bits per heavy atom. The van der Waals surface area contributed by atoms with Crippen molar-refractivity contribution in [1.29, 1.82) is 0 Å². The number of ether oxygens (including phenoxy) is 1. The Balaban J connectivity index is 1.72. The van der Waals surface area contributed by atoms with Crippen LogP contribution in [0.1, 0.15) is 22.5 Å². The molecule has 0 atom stereocenters. The van der Waals surface area contributed by atoms with Gasteiger partial charge in [0.1, 0.15) is 22.9 Å². The highest BCUT2D eigenvalue weighted by Crippen LogP contribution is 2.33. The number of nitrogens with zero attached hydrogens (tertiary/aromatic N) is 3. The number of rotatable bonds is 6. The number of amides is 2. The lowest BCUT2D eigenvalue weighted by atomic mass is 10.1. The van der Waals surface area contributed by atoms with E-state index < -0.39 is 40.2 Å². The zero-order valence-corrected chi connectivity index (χ0v) is 21.4. The summed E-state index contributed by atoms with van der Waals surface area (Å²) >= 11 is 5.93. The first-order chi connectivity index (χ1) is 17.8. The zero-order valence-electron chi connectivity index (χ0n) is 19.8. The van der Waals surface area contributed by atoms with Crippen molar-refractivity contribution < 1.29 is 35.9 Å². The number of aryl methyl sites for hydroxylation is 2. The lowest BCUT2D eigenvalue weighted by Crippen LogP contribution is -2.25. The molecule has 2 amide bonds. The van der Waals surface area contributed by atoms with Crippen molar-refractivity contribution >= 4 is 44.6 Å². The summed E-state index contributed by atoms with van der Waals surface area (Å²) in [6.45, 7) is -1.26. The number of hydrogen-bond donors (Lipinski definition) is 2. The monoisotopic (exact) mass is 571 g/mol. The molecule has 38 heavy (non-hydrogen) atoms. The molecule has 1 aliphatic heterocycles. The van der Waals surface area contributed by atoms with Crippen molar-refractivity contribution in [2.45, 2.75) is 25.6 Å². The Morgan fingerprint density at radius 2 is 2.03 bits per heavy atom. The van der Waals surface area contributed by atoms with Crippen molar-refractivity contribution in [3.8, 4) is 17.1 Å². The van der Waals surface area contributed by atoms with Crippen LogP contribution < -0.4 is 15.4 Å². The van der Waals surface area contributed by atoms with Gasteiger partial charge in [-0.2, -0.15) is 18.3 Å². The van der Waals surface area contributed by atoms with Gasteiger partial charge in [0.25, 0.3) is 5.91 Å². The van der Waals surface area contributed by atoms with Crippen LogP contribution in [0.15, 0.2) is 36.5 Å². The number of fused-ring (bicyclic) bond motifs is 2. The molecule has 3 heterocycles. The summed E-state index contributed by atoms with van der Waals surface area (Å²) < 4.78 is 67.2. The third-order valence-electron chi connectivity index (χ3n) is 5.34. The van der Waals surface area contributed by atoms with Gasteiger partial charge in [-0.15, -0.1) is 0 Å². The molecule has 0 bridgehead atoms. The van der Waals surface area contributed by atoms with Crippen LogP contribution >= 0.6 is 11.6 Å². The lowest BCUT2D eigenvalue weighted by Gasteiger charge is -2.14. The zero-order chi connectivity index (χ0) is 27.7. The van der Waals surface area contributed by atoms with Gasteiger partial charge in [-0.05, 0) is 48.7 Å². The number of sulfone groups is 1. The molecule has 0 saturated heterocycles. The van der Waals surface area contributed by atoms with Gasteiger partial charge in [0, 0.05) is 24.7 Å². The molecule has 4 rings (SSSR count). The summed E-state index contributed by atoms with van der Waals surface area (Å²) in [5, 5.41) is 10.0. The summed E-state index contributed by atoms with van der Waals surface area (Å²) in [7, 11) is -3.68. The number of halogens is 4. The Morgan fingerprint density at radius 1 is 1.26 bits per heavy atom. The Labute approximate surface area is 220 Å². The fraction of sp³-hybridized carbons (Fsp3) is 0.304. The molecule has 202 valence electrons. The predicted molar refractivity (Wildman–Crippen MR) is 133 cm³/mol. The van der Waals surface area contributed by atoms with E-state index in [2.05, 4.69) is 20.7 Å². The number of carbonyl (C=O) groups is 2. The molecule has 2 N–H and O–H groups in total. The van der Waals surface area contributed by atoms with Crippen LogP contribution in [0.5, 0.6) is 5.75 Å². The molecule has 0 radical (unpaired) electrons. The molecule has 0 unspecified atom stereocenters. The second kappa shape index (κ2) is 10.6. The number of nitrogens with one attached hydrogen (secondary N) is 2. The van der Waals surface area contributed by atoms with E-state index in [1.54, 1.807) is 6.07 Å². The molecule has 2 aromatic heterocycles. The van der Waals surface area contributed by atoms with E-state index in [4.69, 9.17) is 16.3 Å². The number of hydrogen-bond acceptors (Lipinski definition) is 7. The molecular formula is C23H21ClF3N5O5S. The van der Waals surface area contributed by atoms with Crippen molar-refractivity contribution in [1.82, 2.24) is 14.8 Å². The van der Waals surface area contributed by atoms with Crippen LogP contribution in [-0.4, -0.2) is 59.8 Å². The highest BCUT2D eigenvalue weighted by molar-refractivity contribution is 7.91. The largest absolute Gasteiger partial charge is 0.484 e. The van der Waals surface area contributed by atoms with E-state index in [0.29, 0.717) is 29.1 Å². The van der Waals surface area contributed by atoms with E-state index >= 15 is 0 Å². The van der Waals surface area contributed by atoms with Gasteiger partial charge in [0.05, 0.1) is 10.7 Å². The molecule has 10 nitrogen and oxygen atoms in total. The highest BCUT2D eigenvalue weighted by Gasteiger charge is 2.30. The van der Waals surface area contributed by atoms with E-state index in [1.807, 2.05) is 0 Å². The first-order valence-corrected chi connectivity index (χ1v) is 13.6. The molecule has 1 aromatic carbocycles. The highest BCUT2D eigenvalue weighted by atomic mass is 35.5. The second-order valence-electron chi connectivity index (χ2n) is 8.56. The Hall–Kier alpha value is -3.65. The van der Waals surface area contributed by atoms with Crippen LogP contribution in [0.3, 0.4) is 0 Å². The number of carbonyl (C=O) groups excluding carboxylic acids is 2. The maximum atomic E-state index is 13.4. The lowest BCUT2D eigenvalue weighted by molar-refractivity contribution is -0.153.